The number of hydrogen-bond donors (Lipinski definition) is 0. The second-order valence-corrected chi connectivity index (χ2v) is 13.9. The van der Waals surface area contributed by atoms with Gasteiger partial charge >= 0.3 is 13.1 Å². The standard InChI is InChI=1S/C25H32BFO4Si/c1-8-29-23(28)22(32(6,7)20-12-10-9-11-13-20)21(18-14-16-19(27)17-15-18)26-30-24(2,3)25(4,5)31-26/h9-17H,8H2,1-7H3/b22-21+. The van der Waals surface area contributed by atoms with Gasteiger partial charge < -0.3 is 14.0 Å². The zero-order valence-corrected chi connectivity index (χ0v) is 21.0. The fourth-order valence-electron chi connectivity index (χ4n) is 3.89. The largest absolute Gasteiger partial charge is 0.495 e. The van der Waals surface area contributed by atoms with Crippen LogP contribution in [0.4, 0.5) is 4.39 Å². The monoisotopic (exact) mass is 454 g/mol. The summed E-state index contributed by atoms with van der Waals surface area (Å²) in [4.78, 5) is 13.5. The van der Waals surface area contributed by atoms with Crippen LogP contribution in [0.5, 0.6) is 0 Å². The molecule has 0 amide bonds. The molecule has 7 heteroatoms. The van der Waals surface area contributed by atoms with Gasteiger partial charge in [-0.2, -0.15) is 0 Å². The van der Waals surface area contributed by atoms with E-state index in [-0.39, 0.29) is 18.4 Å². The number of carbonyl (C=O) groups is 1. The van der Waals surface area contributed by atoms with Crippen molar-refractivity contribution in [2.24, 2.45) is 0 Å². The van der Waals surface area contributed by atoms with Crippen molar-refractivity contribution < 1.29 is 23.2 Å². The van der Waals surface area contributed by atoms with E-state index in [2.05, 4.69) is 13.1 Å². The molecule has 1 fully saturated rings. The molecule has 0 bridgehead atoms. The lowest BCUT2D eigenvalue weighted by Crippen LogP contribution is -2.48. The Morgan fingerprint density at radius 2 is 1.50 bits per heavy atom. The lowest BCUT2D eigenvalue weighted by molar-refractivity contribution is -0.137. The van der Waals surface area contributed by atoms with Crippen molar-refractivity contribution in [2.75, 3.05) is 6.61 Å². The number of ether oxygens (including phenoxy) is 1. The summed E-state index contributed by atoms with van der Waals surface area (Å²) in [5.41, 5.74) is 0.106. The molecule has 1 aliphatic heterocycles. The van der Waals surface area contributed by atoms with E-state index >= 15 is 0 Å². The summed E-state index contributed by atoms with van der Waals surface area (Å²) in [7, 11) is -3.37. The lowest BCUT2D eigenvalue weighted by atomic mass is 9.73. The van der Waals surface area contributed by atoms with Crippen LogP contribution in [0.15, 0.2) is 59.8 Å². The van der Waals surface area contributed by atoms with Gasteiger partial charge in [0.25, 0.3) is 0 Å². The number of halogens is 1. The summed E-state index contributed by atoms with van der Waals surface area (Å²) < 4.78 is 32.1. The lowest BCUT2D eigenvalue weighted by Gasteiger charge is -2.32. The third-order valence-corrected chi connectivity index (χ3v) is 10.0. The van der Waals surface area contributed by atoms with Gasteiger partial charge in [0.05, 0.1) is 17.8 Å². The van der Waals surface area contributed by atoms with E-state index in [0.717, 1.165) is 5.19 Å². The minimum absolute atomic E-state index is 0.252. The average molecular weight is 454 g/mol. The van der Waals surface area contributed by atoms with Crippen molar-refractivity contribution in [1.29, 1.82) is 0 Å². The predicted molar refractivity (Wildman–Crippen MR) is 130 cm³/mol. The highest BCUT2D eigenvalue weighted by molar-refractivity contribution is 7.01. The van der Waals surface area contributed by atoms with Crippen molar-refractivity contribution in [1.82, 2.24) is 0 Å². The van der Waals surface area contributed by atoms with Crippen LogP contribution in [-0.4, -0.2) is 39.0 Å². The number of benzene rings is 2. The van der Waals surface area contributed by atoms with Gasteiger partial charge in [0, 0.05) is 5.20 Å². The van der Waals surface area contributed by atoms with Crippen molar-refractivity contribution in [3.63, 3.8) is 0 Å². The van der Waals surface area contributed by atoms with Gasteiger partial charge in [0.2, 0.25) is 0 Å². The molecule has 2 aromatic carbocycles. The molecule has 170 valence electrons. The van der Waals surface area contributed by atoms with Gasteiger partial charge in [0.15, 0.2) is 0 Å². The van der Waals surface area contributed by atoms with Crippen LogP contribution in [0.2, 0.25) is 13.1 Å². The van der Waals surface area contributed by atoms with Crippen LogP contribution in [0.3, 0.4) is 0 Å². The van der Waals surface area contributed by atoms with Crippen molar-refractivity contribution in [3.8, 4) is 0 Å². The molecule has 0 aromatic heterocycles. The van der Waals surface area contributed by atoms with E-state index in [0.29, 0.717) is 16.2 Å². The van der Waals surface area contributed by atoms with Gasteiger partial charge in [0.1, 0.15) is 13.9 Å². The zero-order chi connectivity index (χ0) is 23.7. The Balaban J connectivity index is 2.32. The molecule has 0 N–H and O–H groups in total. The molecule has 1 aliphatic rings. The fourth-order valence-corrected chi connectivity index (χ4v) is 6.73. The Morgan fingerprint density at radius 3 is 2.00 bits per heavy atom. The smallest absolute Gasteiger partial charge is 0.463 e. The number of esters is 1. The quantitative estimate of drug-likeness (QED) is 0.353. The zero-order valence-electron chi connectivity index (χ0n) is 20.0. The molecule has 2 aromatic rings. The molecule has 0 radical (unpaired) electrons. The molecular formula is C25H32BFO4Si. The maximum Gasteiger partial charge on any atom is 0.495 e. The second-order valence-electron chi connectivity index (χ2n) is 9.60. The van der Waals surface area contributed by atoms with Crippen LogP contribution >= 0.6 is 0 Å². The molecular weight excluding hydrogens is 422 g/mol. The van der Waals surface area contributed by atoms with E-state index in [9.17, 15) is 9.18 Å². The molecule has 1 heterocycles. The highest BCUT2D eigenvalue weighted by Crippen LogP contribution is 2.42. The minimum atomic E-state index is -2.58. The summed E-state index contributed by atoms with van der Waals surface area (Å²) >= 11 is 0. The Hall–Kier alpha value is -2.22. The SMILES string of the molecule is CCOC(=O)/C(=C(\B1OC(C)(C)C(C)(C)O1)c1ccc(F)cc1)[Si](C)(C)c1ccccc1. The van der Waals surface area contributed by atoms with Gasteiger partial charge in [-0.15, -0.1) is 0 Å². The molecule has 0 spiro atoms. The fraction of sp³-hybridized carbons (Fsp3) is 0.400. The predicted octanol–water partition coefficient (Wildman–Crippen LogP) is 4.93. The highest BCUT2D eigenvalue weighted by Gasteiger charge is 2.54. The summed E-state index contributed by atoms with van der Waals surface area (Å²) in [5, 5.41) is 1.65. The summed E-state index contributed by atoms with van der Waals surface area (Å²) in [6, 6.07) is 16.1. The van der Waals surface area contributed by atoms with E-state index in [1.807, 2.05) is 58.0 Å². The molecule has 32 heavy (non-hydrogen) atoms. The van der Waals surface area contributed by atoms with Gasteiger partial charge in [-0.25, -0.2) is 9.18 Å². The van der Waals surface area contributed by atoms with Crippen LogP contribution in [0.25, 0.3) is 5.47 Å². The van der Waals surface area contributed by atoms with E-state index in [1.54, 1.807) is 19.1 Å². The van der Waals surface area contributed by atoms with Gasteiger partial charge in [-0.3, -0.25) is 0 Å². The van der Waals surface area contributed by atoms with Crippen molar-refractivity contribution in [3.05, 3.63) is 71.2 Å². The van der Waals surface area contributed by atoms with Gasteiger partial charge in [-0.1, -0.05) is 60.7 Å². The second kappa shape index (κ2) is 8.96. The van der Waals surface area contributed by atoms with Crippen molar-refractivity contribution >= 4 is 31.8 Å². The first kappa shape index (κ1) is 24.4. The Morgan fingerprint density at radius 1 is 0.969 bits per heavy atom. The maximum atomic E-state index is 13.8. The molecule has 0 aliphatic carbocycles. The third kappa shape index (κ3) is 4.60. The van der Waals surface area contributed by atoms with Gasteiger partial charge in [-0.05, 0) is 57.8 Å². The van der Waals surface area contributed by atoms with E-state index in [4.69, 9.17) is 14.0 Å². The first-order valence-electron chi connectivity index (χ1n) is 11.0. The summed E-state index contributed by atoms with van der Waals surface area (Å²) in [6.07, 6.45) is 0. The Labute approximate surface area is 191 Å². The Bertz CT molecular complexity index is 984. The number of hydrogen-bond acceptors (Lipinski definition) is 4. The van der Waals surface area contributed by atoms with E-state index in [1.165, 1.54) is 12.1 Å². The molecule has 0 atom stereocenters. The van der Waals surface area contributed by atoms with E-state index < -0.39 is 26.4 Å². The van der Waals surface area contributed by atoms with Crippen LogP contribution in [-0.2, 0) is 18.8 Å². The average Bonchev–Trinajstić information content (AvgIpc) is 2.94. The number of rotatable bonds is 6. The maximum absolute atomic E-state index is 13.8. The first-order valence-corrected chi connectivity index (χ1v) is 14.0. The number of carbonyl (C=O) groups excluding carboxylic acids is 1. The summed E-state index contributed by atoms with van der Waals surface area (Å²) in [6.45, 7) is 14.2. The van der Waals surface area contributed by atoms with Crippen LogP contribution in [0.1, 0.15) is 40.2 Å². The highest BCUT2D eigenvalue weighted by atomic mass is 28.3. The Kier molecular flexibility index (Phi) is 6.84. The molecule has 1 saturated heterocycles. The summed E-state index contributed by atoms with van der Waals surface area (Å²) in [5.74, 6) is -0.735. The topological polar surface area (TPSA) is 44.8 Å². The first-order chi connectivity index (χ1) is 14.9. The molecule has 3 rings (SSSR count). The van der Waals surface area contributed by atoms with Crippen molar-refractivity contribution in [2.45, 2.75) is 58.9 Å². The van der Waals surface area contributed by atoms with Crippen LogP contribution < -0.4 is 5.19 Å². The molecule has 0 unspecified atom stereocenters. The molecule has 4 nitrogen and oxygen atoms in total. The minimum Gasteiger partial charge on any atom is -0.463 e. The molecule has 0 saturated carbocycles. The third-order valence-electron chi connectivity index (χ3n) is 6.51. The normalized spacial score (nSPS) is 18.3. The van der Waals surface area contributed by atoms with Crippen LogP contribution in [0, 0.1) is 5.82 Å².